The molecule has 0 bridgehead atoms. The predicted octanol–water partition coefficient (Wildman–Crippen LogP) is 4.42. The van der Waals surface area contributed by atoms with Crippen LogP contribution in [0.15, 0.2) is 67.0 Å². The Labute approximate surface area is 205 Å². The Hall–Kier alpha value is -3.01. The van der Waals surface area contributed by atoms with Gasteiger partial charge in [-0.2, -0.15) is 0 Å². The van der Waals surface area contributed by atoms with Crippen molar-refractivity contribution in [3.63, 3.8) is 0 Å². The van der Waals surface area contributed by atoms with Gasteiger partial charge < -0.3 is 10.2 Å². The number of halogens is 1. The van der Waals surface area contributed by atoms with Gasteiger partial charge in [-0.15, -0.1) is 0 Å². The minimum absolute atomic E-state index is 0.478. The molecule has 0 spiro atoms. The lowest BCUT2D eigenvalue weighted by molar-refractivity contribution is -0.118. The molecule has 1 saturated heterocycles. The highest BCUT2D eigenvalue weighted by molar-refractivity contribution is 6.30. The van der Waals surface area contributed by atoms with Crippen LogP contribution < -0.4 is 0 Å². The van der Waals surface area contributed by atoms with Crippen molar-refractivity contribution in [3.05, 3.63) is 89.0 Å². The number of hydrogen-bond donors (Lipinski definition) is 2. The van der Waals surface area contributed by atoms with E-state index in [2.05, 4.69) is 26.7 Å². The first-order valence-electron chi connectivity index (χ1n) is 11.4. The molecular weight excluding hydrogens is 446 g/mol. The van der Waals surface area contributed by atoms with Gasteiger partial charge in [-0.3, -0.25) is 9.88 Å². The van der Waals surface area contributed by atoms with Gasteiger partial charge in [0.15, 0.2) is 0 Å². The molecule has 1 aliphatic heterocycles. The van der Waals surface area contributed by atoms with E-state index in [9.17, 15) is 10.2 Å². The number of β-amino-alcohol motifs (C(OH)–C–C–N with tert-alkyl or cyclic N) is 1. The maximum Gasteiger partial charge on any atom is 0.113 e. The van der Waals surface area contributed by atoms with Crippen LogP contribution >= 0.6 is 11.6 Å². The summed E-state index contributed by atoms with van der Waals surface area (Å²) in [5.74, 6) is 6.18. The second-order valence-corrected chi connectivity index (χ2v) is 8.98. The number of rotatable bonds is 5. The standard InChI is InChI=1S/C28H28ClN3O2/c1-2-28(34)15-17-32(20-27(28)33)16-3-4-25-12-5-21(18-30-25)6-13-26-14-9-23(19-31-26)22-7-10-24(29)11-8-22/h3-5,7-12,14,18-19,27,33-34H,2,15-17,20H2,1H3/b4-3+/t27?,28-/m1/s1. The van der Waals surface area contributed by atoms with Crippen molar-refractivity contribution in [3.8, 4) is 23.0 Å². The van der Waals surface area contributed by atoms with Gasteiger partial charge in [-0.1, -0.05) is 48.7 Å². The summed E-state index contributed by atoms with van der Waals surface area (Å²) in [5.41, 5.74) is 3.48. The molecule has 174 valence electrons. The SMILES string of the molecule is CC[C@@]1(O)CCN(C/C=C/c2ccc(C#Cc3ccc(-c4ccc(Cl)cc4)cn3)cn2)CC1O. The van der Waals surface area contributed by atoms with Crippen LogP contribution in [0.5, 0.6) is 0 Å². The van der Waals surface area contributed by atoms with Gasteiger partial charge >= 0.3 is 0 Å². The van der Waals surface area contributed by atoms with E-state index in [-0.39, 0.29) is 0 Å². The monoisotopic (exact) mass is 473 g/mol. The average Bonchev–Trinajstić information content (AvgIpc) is 2.86. The third-order valence-corrected chi connectivity index (χ3v) is 6.49. The molecule has 1 unspecified atom stereocenters. The number of hydrogen-bond acceptors (Lipinski definition) is 5. The molecule has 5 nitrogen and oxygen atoms in total. The summed E-state index contributed by atoms with van der Waals surface area (Å²) >= 11 is 5.95. The van der Waals surface area contributed by atoms with Crippen molar-refractivity contribution < 1.29 is 10.2 Å². The van der Waals surface area contributed by atoms with Crippen LogP contribution in [-0.4, -0.2) is 56.4 Å². The highest BCUT2D eigenvalue weighted by Crippen LogP contribution is 2.25. The Kier molecular flexibility index (Phi) is 7.77. The minimum Gasteiger partial charge on any atom is -0.389 e. The van der Waals surface area contributed by atoms with Gasteiger partial charge in [0.2, 0.25) is 0 Å². The molecule has 2 atom stereocenters. The van der Waals surface area contributed by atoms with Crippen LogP contribution in [0.25, 0.3) is 17.2 Å². The summed E-state index contributed by atoms with van der Waals surface area (Å²) in [4.78, 5) is 11.0. The largest absolute Gasteiger partial charge is 0.389 e. The zero-order chi connectivity index (χ0) is 24.0. The number of likely N-dealkylation sites (tertiary alicyclic amines) is 1. The lowest BCUT2D eigenvalue weighted by atomic mass is 9.86. The van der Waals surface area contributed by atoms with E-state index in [0.29, 0.717) is 36.6 Å². The predicted molar refractivity (Wildman–Crippen MR) is 136 cm³/mol. The van der Waals surface area contributed by atoms with Crippen molar-refractivity contribution >= 4 is 17.7 Å². The number of piperidine rings is 1. The van der Waals surface area contributed by atoms with Gasteiger partial charge in [0.05, 0.1) is 17.4 Å². The fourth-order valence-electron chi connectivity index (χ4n) is 3.92. The van der Waals surface area contributed by atoms with Crippen LogP contribution in [0.3, 0.4) is 0 Å². The van der Waals surface area contributed by atoms with Crippen molar-refractivity contribution in [1.29, 1.82) is 0 Å². The Morgan fingerprint density at radius 1 is 1.06 bits per heavy atom. The van der Waals surface area contributed by atoms with Gasteiger partial charge in [0.25, 0.3) is 0 Å². The lowest BCUT2D eigenvalue weighted by Gasteiger charge is -2.41. The number of nitrogens with zero attached hydrogens (tertiary/aromatic N) is 3. The normalized spacial score (nSPS) is 20.8. The molecule has 2 aromatic heterocycles. The number of aliphatic hydroxyl groups excluding tert-OH is 1. The molecular formula is C28H28ClN3O2. The van der Waals surface area contributed by atoms with Gasteiger partial charge in [0, 0.05) is 48.2 Å². The van der Waals surface area contributed by atoms with E-state index >= 15 is 0 Å². The first-order valence-corrected chi connectivity index (χ1v) is 11.8. The van der Waals surface area contributed by atoms with E-state index in [1.54, 1.807) is 6.20 Å². The number of benzene rings is 1. The van der Waals surface area contributed by atoms with Crippen LogP contribution in [0.2, 0.25) is 5.02 Å². The summed E-state index contributed by atoms with van der Waals surface area (Å²) in [6.45, 7) is 3.86. The molecule has 1 fully saturated rings. The summed E-state index contributed by atoms with van der Waals surface area (Å²) in [5, 5.41) is 21.3. The summed E-state index contributed by atoms with van der Waals surface area (Å²) in [7, 11) is 0. The van der Waals surface area contributed by atoms with Gasteiger partial charge in [-0.05, 0) is 60.7 Å². The number of pyridine rings is 2. The van der Waals surface area contributed by atoms with E-state index in [4.69, 9.17) is 11.6 Å². The smallest absolute Gasteiger partial charge is 0.113 e. The van der Waals surface area contributed by atoms with E-state index in [0.717, 1.165) is 28.9 Å². The first-order chi connectivity index (χ1) is 16.4. The van der Waals surface area contributed by atoms with Crippen molar-refractivity contribution in [2.24, 2.45) is 0 Å². The summed E-state index contributed by atoms with van der Waals surface area (Å²) < 4.78 is 0. The molecule has 3 heterocycles. The Morgan fingerprint density at radius 2 is 1.85 bits per heavy atom. The van der Waals surface area contributed by atoms with Gasteiger partial charge in [-0.25, -0.2) is 4.98 Å². The molecule has 0 aliphatic carbocycles. The number of aliphatic hydroxyl groups is 2. The Balaban J connectivity index is 1.31. The molecule has 4 rings (SSSR count). The average molecular weight is 474 g/mol. The van der Waals surface area contributed by atoms with E-state index < -0.39 is 11.7 Å². The Morgan fingerprint density at radius 3 is 2.50 bits per heavy atom. The fraction of sp³-hybridized carbons (Fsp3) is 0.286. The molecule has 1 aromatic carbocycles. The van der Waals surface area contributed by atoms with Gasteiger partial charge in [0.1, 0.15) is 5.69 Å². The Bertz CT molecular complexity index is 1180. The van der Waals surface area contributed by atoms with Crippen LogP contribution in [0, 0.1) is 11.8 Å². The minimum atomic E-state index is -0.951. The summed E-state index contributed by atoms with van der Waals surface area (Å²) in [6.07, 6.45) is 8.00. The molecule has 3 aromatic rings. The quantitative estimate of drug-likeness (QED) is 0.537. The van der Waals surface area contributed by atoms with E-state index in [1.165, 1.54) is 0 Å². The van der Waals surface area contributed by atoms with Crippen molar-refractivity contribution in [2.75, 3.05) is 19.6 Å². The third-order valence-electron chi connectivity index (χ3n) is 6.24. The zero-order valence-corrected chi connectivity index (χ0v) is 19.9. The highest BCUT2D eigenvalue weighted by Gasteiger charge is 2.38. The molecule has 0 saturated carbocycles. The van der Waals surface area contributed by atoms with Crippen molar-refractivity contribution in [2.45, 2.75) is 31.5 Å². The maximum atomic E-state index is 10.4. The fourth-order valence-corrected chi connectivity index (χ4v) is 4.05. The first kappa shape index (κ1) is 24.1. The molecule has 0 radical (unpaired) electrons. The van der Waals surface area contributed by atoms with E-state index in [1.807, 2.05) is 73.8 Å². The second-order valence-electron chi connectivity index (χ2n) is 8.55. The zero-order valence-electron chi connectivity index (χ0n) is 19.2. The summed E-state index contributed by atoms with van der Waals surface area (Å²) in [6, 6.07) is 15.4. The molecule has 6 heteroatoms. The number of aromatic nitrogens is 2. The maximum absolute atomic E-state index is 10.4. The molecule has 0 amide bonds. The lowest BCUT2D eigenvalue weighted by Crippen LogP contribution is -2.55. The molecule has 1 aliphatic rings. The van der Waals surface area contributed by atoms with Crippen LogP contribution in [0.4, 0.5) is 0 Å². The molecule has 2 N–H and O–H groups in total. The van der Waals surface area contributed by atoms with Crippen LogP contribution in [0.1, 0.15) is 36.7 Å². The third kappa shape index (κ3) is 6.11. The van der Waals surface area contributed by atoms with Crippen LogP contribution in [-0.2, 0) is 0 Å². The topological polar surface area (TPSA) is 69.5 Å². The second kappa shape index (κ2) is 10.9. The highest BCUT2D eigenvalue weighted by atomic mass is 35.5. The van der Waals surface area contributed by atoms with Crippen molar-refractivity contribution in [1.82, 2.24) is 14.9 Å². The molecule has 34 heavy (non-hydrogen) atoms.